The third-order valence-corrected chi connectivity index (χ3v) is 2.41. The summed E-state index contributed by atoms with van der Waals surface area (Å²) in [5.74, 6) is -0.0561. The van der Waals surface area contributed by atoms with Gasteiger partial charge in [-0.1, -0.05) is 12.0 Å². The smallest absolute Gasteiger partial charge is 0.269 e. The van der Waals surface area contributed by atoms with Crippen molar-refractivity contribution in [1.29, 1.82) is 0 Å². The summed E-state index contributed by atoms with van der Waals surface area (Å²) < 4.78 is 0. The van der Waals surface area contributed by atoms with Gasteiger partial charge in [0.2, 0.25) is 0 Å². The number of hydrogen-bond acceptors (Lipinski definition) is 2. The molecule has 13 heavy (non-hydrogen) atoms. The topological polar surface area (TPSA) is 29.5 Å². The Balaban J connectivity index is 2.48. The fraction of sp³-hybridized carbons (Fsp3) is 0.700. The van der Waals surface area contributed by atoms with Crippen molar-refractivity contribution in [2.75, 3.05) is 14.2 Å². The fourth-order valence-electron chi connectivity index (χ4n) is 1.51. The monoisotopic (exact) mass is 183 g/mol. The van der Waals surface area contributed by atoms with E-state index in [9.17, 15) is 4.79 Å². The Morgan fingerprint density at radius 1 is 1.38 bits per heavy atom. The molecule has 1 fully saturated rings. The SMILES string of the molecule is CON(C)C(=O)C=C1CCCCC1. The van der Waals surface area contributed by atoms with Gasteiger partial charge in [0.25, 0.3) is 5.91 Å². The Kier molecular flexibility index (Phi) is 3.96. The summed E-state index contributed by atoms with van der Waals surface area (Å²) in [5.41, 5.74) is 1.26. The van der Waals surface area contributed by atoms with E-state index in [2.05, 4.69) is 0 Å². The molecule has 0 unspecified atom stereocenters. The number of hydrogen-bond donors (Lipinski definition) is 0. The van der Waals surface area contributed by atoms with Crippen molar-refractivity contribution in [3.05, 3.63) is 11.6 Å². The maximum absolute atomic E-state index is 11.4. The first-order chi connectivity index (χ1) is 6.24. The molecule has 0 bridgehead atoms. The van der Waals surface area contributed by atoms with Crippen molar-refractivity contribution in [2.45, 2.75) is 32.1 Å². The molecule has 74 valence electrons. The van der Waals surface area contributed by atoms with Gasteiger partial charge in [-0.25, -0.2) is 5.06 Å². The molecule has 0 saturated heterocycles. The molecular formula is C10H17NO2. The highest BCUT2D eigenvalue weighted by atomic mass is 16.7. The zero-order valence-corrected chi connectivity index (χ0v) is 8.38. The quantitative estimate of drug-likeness (QED) is 0.483. The second kappa shape index (κ2) is 5.02. The molecular weight excluding hydrogens is 166 g/mol. The first kappa shape index (κ1) is 10.3. The second-order valence-electron chi connectivity index (χ2n) is 3.38. The Hall–Kier alpha value is -0.830. The van der Waals surface area contributed by atoms with Gasteiger partial charge in [0, 0.05) is 13.1 Å². The van der Waals surface area contributed by atoms with Crippen molar-refractivity contribution in [1.82, 2.24) is 5.06 Å². The van der Waals surface area contributed by atoms with Crippen LogP contribution < -0.4 is 0 Å². The molecule has 1 aliphatic carbocycles. The average Bonchev–Trinajstić information content (AvgIpc) is 2.18. The third kappa shape index (κ3) is 3.19. The summed E-state index contributed by atoms with van der Waals surface area (Å²) in [6, 6.07) is 0. The van der Waals surface area contributed by atoms with Crippen LogP contribution in [0.25, 0.3) is 0 Å². The Morgan fingerprint density at radius 2 is 2.00 bits per heavy atom. The summed E-state index contributed by atoms with van der Waals surface area (Å²) >= 11 is 0. The minimum Gasteiger partial charge on any atom is -0.274 e. The standard InChI is InChI=1S/C10H17NO2/c1-11(13-2)10(12)8-9-6-4-3-5-7-9/h8H,3-7H2,1-2H3. The van der Waals surface area contributed by atoms with E-state index in [1.54, 1.807) is 13.1 Å². The summed E-state index contributed by atoms with van der Waals surface area (Å²) in [6.45, 7) is 0. The van der Waals surface area contributed by atoms with E-state index in [0.717, 1.165) is 12.8 Å². The largest absolute Gasteiger partial charge is 0.274 e. The number of nitrogens with zero attached hydrogens (tertiary/aromatic N) is 1. The van der Waals surface area contributed by atoms with E-state index in [1.165, 1.54) is 37.0 Å². The number of hydroxylamine groups is 2. The molecule has 3 heteroatoms. The Morgan fingerprint density at radius 3 is 2.54 bits per heavy atom. The highest BCUT2D eigenvalue weighted by Crippen LogP contribution is 2.22. The zero-order valence-electron chi connectivity index (χ0n) is 8.38. The van der Waals surface area contributed by atoms with Gasteiger partial charge in [0.1, 0.15) is 0 Å². The summed E-state index contributed by atoms with van der Waals surface area (Å²) in [4.78, 5) is 16.2. The van der Waals surface area contributed by atoms with E-state index in [-0.39, 0.29) is 5.91 Å². The predicted molar refractivity (Wildman–Crippen MR) is 50.9 cm³/mol. The van der Waals surface area contributed by atoms with Gasteiger partial charge in [0.05, 0.1) is 7.11 Å². The molecule has 0 N–H and O–H groups in total. The van der Waals surface area contributed by atoms with Crippen LogP contribution in [0.5, 0.6) is 0 Å². The van der Waals surface area contributed by atoms with Gasteiger partial charge in [-0.2, -0.15) is 0 Å². The number of rotatable bonds is 2. The molecule has 1 saturated carbocycles. The molecule has 0 aromatic heterocycles. The Labute approximate surface area is 79.3 Å². The van der Waals surface area contributed by atoms with Gasteiger partial charge in [-0.15, -0.1) is 0 Å². The van der Waals surface area contributed by atoms with E-state index >= 15 is 0 Å². The van der Waals surface area contributed by atoms with Crippen LogP contribution in [0.15, 0.2) is 11.6 Å². The first-order valence-corrected chi connectivity index (χ1v) is 4.75. The molecule has 0 heterocycles. The molecule has 0 aromatic rings. The lowest BCUT2D eigenvalue weighted by Crippen LogP contribution is -2.23. The molecule has 0 aliphatic heterocycles. The van der Waals surface area contributed by atoms with Crippen LogP contribution in [0.1, 0.15) is 32.1 Å². The van der Waals surface area contributed by atoms with E-state index in [1.807, 2.05) is 0 Å². The molecule has 0 radical (unpaired) electrons. The number of carbonyl (C=O) groups is 1. The van der Waals surface area contributed by atoms with Crippen molar-refractivity contribution in [2.24, 2.45) is 0 Å². The van der Waals surface area contributed by atoms with Gasteiger partial charge in [-0.3, -0.25) is 9.63 Å². The van der Waals surface area contributed by atoms with Crippen LogP contribution in [0.2, 0.25) is 0 Å². The van der Waals surface area contributed by atoms with E-state index in [0.29, 0.717) is 0 Å². The van der Waals surface area contributed by atoms with Crippen LogP contribution in [-0.4, -0.2) is 25.1 Å². The third-order valence-electron chi connectivity index (χ3n) is 2.41. The molecule has 0 spiro atoms. The van der Waals surface area contributed by atoms with Gasteiger partial charge < -0.3 is 0 Å². The van der Waals surface area contributed by atoms with Gasteiger partial charge >= 0.3 is 0 Å². The normalized spacial score (nSPS) is 16.9. The molecule has 0 aromatic carbocycles. The predicted octanol–water partition coefficient (Wildman–Crippen LogP) is 1.90. The number of carbonyl (C=O) groups excluding carboxylic acids is 1. The van der Waals surface area contributed by atoms with Gasteiger partial charge in [-0.05, 0) is 25.7 Å². The van der Waals surface area contributed by atoms with Gasteiger partial charge in [0.15, 0.2) is 0 Å². The average molecular weight is 183 g/mol. The van der Waals surface area contributed by atoms with Crippen LogP contribution in [0.4, 0.5) is 0 Å². The van der Waals surface area contributed by atoms with Crippen LogP contribution >= 0.6 is 0 Å². The molecule has 0 atom stereocenters. The maximum Gasteiger partial charge on any atom is 0.269 e. The number of amides is 1. The second-order valence-corrected chi connectivity index (χ2v) is 3.38. The number of likely N-dealkylation sites (N-methyl/N-ethyl adjacent to an activating group) is 1. The molecule has 1 aliphatic rings. The minimum atomic E-state index is -0.0561. The summed E-state index contributed by atoms with van der Waals surface area (Å²) in [5, 5.41) is 1.25. The lowest BCUT2D eigenvalue weighted by atomic mass is 9.95. The van der Waals surface area contributed by atoms with Crippen LogP contribution in [-0.2, 0) is 9.63 Å². The minimum absolute atomic E-state index is 0.0561. The lowest BCUT2D eigenvalue weighted by molar-refractivity contribution is -0.162. The highest BCUT2D eigenvalue weighted by molar-refractivity contribution is 5.87. The highest BCUT2D eigenvalue weighted by Gasteiger charge is 2.09. The lowest BCUT2D eigenvalue weighted by Gasteiger charge is -2.15. The van der Waals surface area contributed by atoms with Crippen molar-refractivity contribution >= 4 is 5.91 Å². The zero-order chi connectivity index (χ0) is 9.68. The molecule has 1 rings (SSSR count). The molecule has 3 nitrogen and oxygen atoms in total. The summed E-state index contributed by atoms with van der Waals surface area (Å²) in [6.07, 6.45) is 7.59. The van der Waals surface area contributed by atoms with E-state index < -0.39 is 0 Å². The fourth-order valence-corrected chi connectivity index (χ4v) is 1.51. The van der Waals surface area contributed by atoms with Crippen LogP contribution in [0.3, 0.4) is 0 Å². The van der Waals surface area contributed by atoms with Crippen molar-refractivity contribution < 1.29 is 9.63 Å². The Bertz CT molecular complexity index is 203. The summed E-state index contributed by atoms with van der Waals surface area (Å²) in [7, 11) is 3.12. The molecule has 1 amide bonds. The first-order valence-electron chi connectivity index (χ1n) is 4.75. The van der Waals surface area contributed by atoms with Crippen molar-refractivity contribution in [3.63, 3.8) is 0 Å². The number of allylic oxidation sites excluding steroid dienone is 1. The van der Waals surface area contributed by atoms with Crippen molar-refractivity contribution in [3.8, 4) is 0 Å². The van der Waals surface area contributed by atoms with Crippen LogP contribution in [0, 0.1) is 0 Å². The maximum atomic E-state index is 11.4. The van der Waals surface area contributed by atoms with E-state index in [4.69, 9.17) is 4.84 Å².